The minimum atomic E-state index is -0.627. The molecule has 0 N–H and O–H groups in total. The van der Waals surface area contributed by atoms with Gasteiger partial charge in [0.2, 0.25) is 0 Å². The Bertz CT molecular complexity index is 197. The number of ether oxygens (including phenoxy) is 1. The number of nitrogens with zero attached hydrogens (tertiary/aromatic N) is 1. The van der Waals surface area contributed by atoms with E-state index in [0.717, 1.165) is 13.0 Å². The highest BCUT2D eigenvalue weighted by atomic mass is 19.1. The zero-order valence-corrected chi connectivity index (χ0v) is 8.42. The quantitative estimate of drug-likeness (QED) is 0.665. The second-order valence-electron chi connectivity index (χ2n) is 4.58. The fraction of sp³-hybridized carbons (Fsp3) is 1.00. The predicted octanol–water partition coefficient (Wildman–Crippen LogP) is 1.60. The summed E-state index contributed by atoms with van der Waals surface area (Å²) in [7, 11) is 0. The van der Waals surface area contributed by atoms with Crippen LogP contribution in [0.25, 0.3) is 0 Å². The molecule has 0 amide bonds. The van der Waals surface area contributed by atoms with Gasteiger partial charge in [-0.15, -0.1) is 0 Å². The largest absolute Gasteiger partial charge is 0.377 e. The molecule has 2 unspecified atom stereocenters. The van der Waals surface area contributed by atoms with Crippen LogP contribution in [-0.2, 0) is 4.74 Å². The number of rotatable bonds is 3. The molecular formula is C10H18FNO. The number of fused-ring (bicyclic) bond motifs is 1. The molecule has 0 spiro atoms. The van der Waals surface area contributed by atoms with Gasteiger partial charge in [-0.05, 0) is 20.3 Å². The van der Waals surface area contributed by atoms with Gasteiger partial charge in [-0.25, -0.2) is 4.39 Å². The Balaban J connectivity index is 1.89. The normalized spacial score (nSPS) is 39.2. The summed E-state index contributed by atoms with van der Waals surface area (Å²) in [5.41, 5.74) is 0.0731. The first-order chi connectivity index (χ1) is 6.12. The van der Waals surface area contributed by atoms with Gasteiger partial charge >= 0.3 is 0 Å². The standard InChI is InChI=1S/C10H18FNO/c1-8(2)13-7-10-3-4-12(10)6-9(11)5-10/h8-9H,3-7H2,1-2H3. The number of halogens is 1. The first-order valence-corrected chi connectivity index (χ1v) is 5.13. The van der Waals surface area contributed by atoms with Crippen LogP contribution in [0.15, 0.2) is 0 Å². The van der Waals surface area contributed by atoms with Crippen LogP contribution in [-0.4, -0.2) is 42.4 Å². The molecule has 2 fully saturated rings. The van der Waals surface area contributed by atoms with Crippen LogP contribution in [0.5, 0.6) is 0 Å². The zero-order chi connectivity index (χ0) is 9.47. The van der Waals surface area contributed by atoms with E-state index in [1.807, 2.05) is 13.8 Å². The van der Waals surface area contributed by atoms with Crippen molar-refractivity contribution in [3.8, 4) is 0 Å². The Morgan fingerprint density at radius 2 is 2.38 bits per heavy atom. The van der Waals surface area contributed by atoms with Crippen LogP contribution in [0.3, 0.4) is 0 Å². The maximum atomic E-state index is 13.1. The Morgan fingerprint density at radius 1 is 1.62 bits per heavy atom. The molecule has 76 valence electrons. The first-order valence-electron chi connectivity index (χ1n) is 5.13. The third-order valence-electron chi connectivity index (χ3n) is 3.22. The van der Waals surface area contributed by atoms with E-state index in [2.05, 4.69) is 4.90 Å². The molecule has 0 aromatic carbocycles. The number of alkyl halides is 1. The average Bonchev–Trinajstić information content (AvgIpc) is 2.25. The van der Waals surface area contributed by atoms with Crippen molar-refractivity contribution in [3.63, 3.8) is 0 Å². The van der Waals surface area contributed by atoms with Crippen molar-refractivity contribution in [2.24, 2.45) is 0 Å². The van der Waals surface area contributed by atoms with Crippen molar-refractivity contribution >= 4 is 0 Å². The highest BCUT2D eigenvalue weighted by molar-refractivity contribution is 5.07. The molecule has 2 aliphatic heterocycles. The summed E-state index contributed by atoms with van der Waals surface area (Å²) in [5, 5.41) is 0. The smallest absolute Gasteiger partial charge is 0.115 e. The van der Waals surface area contributed by atoms with Crippen molar-refractivity contribution < 1.29 is 9.13 Å². The Labute approximate surface area is 79.1 Å². The van der Waals surface area contributed by atoms with Gasteiger partial charge in [-0.3, -0.25) is 4.90 Å². The second kappa shape index (κ2) is 3.21. The van der Waals surface area contributed by atoms with Gasteiger partial charge in [0.1, 0.15) is 6.17 Å². The van der Waals surface area contributed by atoms with Gasteiger partial charge in [0.25, 0.3) is 0 Å². The molecule has 0 saturated carbocycles. The monoisotopic (exact) mass is 187 g/mol. The minimum Gasteiger partial charge on any atom is -0.377 e. The second-order valence-corrected chi connectivity index (χ2v) is 4.58. The summed E-state index contributed by atoms with van der Waals surface area (Å²) in [4.78, 5) is 2.24. The van der Waals surface area contributed by atoms with Crippen LogP contribution in [0, 0.1) is 0 Å². The fourth-order valence-corrected chi connectivity index (χ4v) is 2.36. The number of hydrogen-bond donors (Lipinski definition) is 0. The highest BCUT2D eigenvalue weighted by Crippen LogP contribution is 2.41. The van der Waals surface area contributed by atoms with Crippen LogP contribution in [0.1, 0.15) is 26.7 Å². The van der Waals surface area contributed by atoms with E-state index in [1.165, 1.54) is 0 Å². The summed E-state index contributed by atoms with van der Waals surface area (Å²) in [6.45, 7) is 6.46. The Morgan fingerprint density at radius 3 is 2.85 bits per heavy atom. The lowest BCUT2D eigenvalue weighted by molar-refractivity contribution is -0.0648. The highest BCUT2D eigenvalue weighted by Gasteiger charge is 2.52. The molecule has 0 bridgehead atoms. The minimum absolute atomic E-state index is 0.0731. The molecule has 2 atom stereocenters. The molecule has 2 heterocycles. The first kappa shape index (κ1) is 9.41. The van der Waals surface area contributed by atoms with E-state index >= 15 is 0 Å². The molecule has 2 saturated heterocycles. The van der Waals surface area contributed by atoms with Gasteiger partial charge in [-0.1, -0.05) is 0 Å². The molecule has 0 radical (unpaired) electrons. The maximum absolute atomic E-state index is 13.1. The lowest BCUT2D eigenvalue weighted by Gasteiger charge is -2.47. The molecule has 3 heteroatoms. The molecule has 2 aliphatic rings. The van der Waals surface area contributed by atoms with Crippen LogP contribution >= 0.6 is 0 Å². The fourth-order valence-electron chi connectivity index (χ4n) is 2.36. The van der Waals surface area contributed by atoms with Gasteiger partial charge in [0.15, 0.2) is 0 Å². The van der Waals surface area contributed by atoms with E-state index in [9.17, 15) is 4.39 Å². The summed E-state index contributed by atoms with van der Waals surface area (Å²) in [5.74, 6) is 0. The van der Waals surface area contributed by atoms with E-state index in [-0.39, 0.29) is 11.6 Å². The molecule has 0 aromatic heterocycles. The molecule has 13 heavy (non-hydrogen) atoms. The third-order valence-corrected chi connectivity index (χ3v) is 3.22. The topological polar surface area (TPSA) is 12.5 Å². The molecule has 0 aliphatic carbocycles. The van der Waals surface area contributed by atoms with Crippen molar-refractivity contribution in [1.82, 2.24) is 4.90 Å². The van der Waals surface area contributed by atoms with Gasteiger partial charge in [-0.2, -0.15) is 0 Å². The van der Waals surface area contributed by atoms with Crippen molar-refractivity contribution in [2.45, 2.75) is 44.5 Å². The van der Waals surface area contributed by atoms with E-state index in [4.69, 9.17) is 4.74 Å². The SMILES string of the molecule is CC(C)OCC12CCN1CC(F)C2. The van der Waals surface area contributed by atoms with Crippen LogP contribution in [0.4, 0.5) is 4.39 Å². The van der Waals surface area contributed by atoms with Gasteiger partial charge < -0.3 is 4.74 Å². The third kappa shape index (κ3) is 1.59. The van der Waals surface area contributed by atoms with Crippen molar-refractivity contribution in [3.05, 3.63) is 0 Å². The number of hydrogen-bond acceptors (Lipinski definition) is 2. The van der Waals surface area contributed by atoms with E-state index < -0.39 is 6.17 Å². The molecule has 2 rings (SSSR count). The van der Waals surface area contributed by atoms with Crippen molar-refractivity contribution in [2.75, 3.05) is 19.7 Å². The van der Waals surface area contributed by atoms with E-state index in [1.54, 1.807) is 0 Å². The van der Waals surface area contributed by atoms with Crippen LogP contribution < -0.4 is 0 Å². The summed E-state index contributed by atoms with van der Waals surface area (Å²) in [6.07, 6.45) is 1.42. The molecule has 2 nitrogen and oxygen atoms in total. The Hall–Kier alpha value is -0.150. The molecular weight excluding hydrogens is 169 g/mol. The lowest BCUT2D eigenvalue weighted by Crippen LogP contribution is -2.58. The van der Waals surface area contributed by atoms with Crippen LogP contribution in [0.2, 0.25) is 0 Å². The lowest BCUT2D eigenvalue weighted by atomic mass is 9.86. The van der Waals surface area contributed by atoms with Gasteiger partial charge in [0, 0.05) is 25.0 Å². The maximum Gasteiger partial charge on any atom is 0.115 e. The van der Waals surface area contributed by atoms with Crippen molar-refractivity contribution in [1.29, 1.82) is 0 Å². The summed E-state index contributed by atoms with van der Waals surface area (Å²) < 4.78 is 18.7. The predicted molar refractivity (Wildman–Crippen MR) is 49.5 cm³/mol. The van der Waals surface area contributed by atoms with Gasteiger partial charge in [0.05, 0.1) is 12.7 Å². The summed E-state index contributed by atoms with van der Waals surface area (Å²) >= 11 is 0. The Kier molecular flexibility index (Phi) is 2.32. The molecule has 0 aromatic rings. The zero-order valence-electron chi connectivity index (χ0n) is 8.42. The van der Waals surface area contributed by atoms with E-state index in [0.29, 0.717) is 19.6 Å². The summed E-state index contributed by atoms with van der Waals surface area (Å²) in [6, 6.07) is 0. The average molecular weight is 187 g/mol.